The van der Waals surface area contributed by atoms with Crippen molar-refractivity contribution in [1.29, 1.82) is 0 Å². The summed E-state index contributed by atoms with van der Waals surface area (Å²) in [7, 11) is 0. The molecule has 1 rings (SSSR count). The summed E-state index contributed by atoms with van der Waals surface area (Å²) >= 11 is -10.2. The molecule has 1 saturated heterocycles. The Morgan fingerprint density at radius 3 is 1.00 bits per heavy atom. The van der Waals surface area contributed by atoms with Gasteiger partial charge in [0, 0.05) is 0 Å². The van der Waals surface area contributed by atoms with Crippen LogP contribution < -0.4 is 0 Å². The molecule has 6 nitrogen and oxygen atoms in total. The van der Waals surface area contributed by atoms with Gasteiger partial charge in [-0.3, -0.25) is 0 Å². The molecule has 0 bridgehead atoms. The van der Waals surface area contributed by atoms with E-state index < -0.39 is 31.3 Å². The van der Waals surface area contributed by atoms with E-state index in [0.29, 0.717) is 0 Å². The Hall–Kier alpha value is 0.393. The first-order valence-corrected chi connectivity index (χ1v) is 9.45. The molecular formula is O6Os2. The van der Waals surface area contributed by atoms with Crippen LogP contribution in [-0.2, 0) is 50.1 Å². The van der Waals surface area contributed by atoms with Crippen molar-refractivity contribution in [1.82, 2.24) is 0 Å². The Labute approximate surface area is 50.3 Å². The first-order chi connectivity index (χ1) is 3.41. The first-order valence-electron chi connectivity index (χ1n) is 1.15. The van der Waals surface area contributed by atoms with E-state index in [1.54, 1.807) is 0 Å². The zero-order chi connectivity index (χ0) is 6.41. The van der Waals surface area contributed by atoms with Crippen molar-refractivity contribution in [3.8, 4) is 0 Å². The molecule has 1 heterocycles. The third kappa shape index (κ3) is 1.21. The molecule has 0 aromatic carbocycles. The molecule has 0 saturated carbocycles. The van der Waals surface area contributed by atoms with E-state index in [2.05, 4.69) is 4.64 Å². The van der Waals surface area contributed by atoms with Crippen LogP contribution in [0, 0.1) is 0 Å². The van der Waals surface area contributed by atoms with Crippen LogP contribution in [0.3, 0.4) is 0 Å². The fraction of sp³-hybridized carbons (Fsp3) is 0. The Morgan fingerprint density at radius 2 is 1.00 bits per heavy atom. The molecule has 52 valence electrons. The molecule has 0 amide bonds. The van der Waals surface area contributed by atoms with Gasteiger partial charge >= 0.3 is 50.1 Å². The van der Waals surface area contributed by atoms with E-state index in [0.717, 1.165) is 0 Å². The monoisotopic (exact) mass is 480 g/mol. The van der Waals surface area contributed by atoms with Gasteiger partial charge in [-0.05, 0) is 0 Å². The van der Waals surface area contributed by atoms with Crippen molar-refractivity contribution in [2.24, 2.45) is 0 Å². The van der Waals surface area contributed by atoms with Crippen molar-refractivity contribution in [3.05, 3.63) is 0 Å². The molecule has 0 aromatic rings. The summed E-state index contributed by atoms with van der Waals surface area (Å²) in [6.07, 6.45) is 0. The number of hydrogen-bond donors (Lipinski definition) is 0. The third-order valence-electron chi connectivity index (χ3n) is 0.250. The van der Waals surface area contributed by atoms with Gasteiger partial charge in [0.15, 0.2) is 0 Å². The van der Waals surface area contributed by atoms with Crippen molar-refractivity contribution < 1.29 is 50.1 Å². The van der Waals surface area contributed by atoms with Gasteiger partial charge in [-0.1, -0.05) is 0 Å². The summed E-state index contributed by atoms with van der Waals surface area (Å²) in [5, 5.41) is 0. The van der Waals surface area contributed by atoms with E-state index in [1.165, 1.54) is 0 Å². The number of hydrogen-bond acceptors (Lipinski definition) is 6. The zero-order valence-electron chi connectivity index (χ0n) is 3.16. The van der Waals surface area contributed by atoms with Gasteiger partial charge < -0.3 is 0 Å². The Bertz CT molecular complexity index is 226. The molecule has 8 heteroatoms. The van der Waals surface area contributed by atoms with Crippen molar-refractivity contribution in [3.63, 3.8) is 0 Å². The van der Waals surface area contributed by atoms with Crippen LogP contribution in [0.2, 0.25) is 0 Å². The zero-order valence-corrected chi connectivity index (χ0v) is 8.24. The van der Waals surface area contributed by atoms with Crippen LogP contribution >= 0.6 is 0 Å². The normalized spacial score (nSPS) is 39.0. The van der Waals surface area contributed by atoms with E-state index in [-0.39, 0.29) is 0 Å². The fourth-order valence-corrected chi connectivity index (χ4v) is 10.5. The van der Waals surface area contributed by atoms with E-state index in [1.807, 2.05) is 0 Å². The summed E-state index contributed by atoms with van der Waals surface area (Å²) in [5.41, 5.74) is 0. The molecule has 0 aliphatic carbocycles. The summed E-state index contributed by atoms with van der Waals surface area (Å²) in [6, 6.07) is 0. The topological polar surface area (TPSA) is 86.7 Å². The van der Waals surface area contributed by atoms with E-state index in [9.17, 15) is 14.2 Å². The minimum atomic E-state index is -5.12. The van der Waals surface area contributed by atoms with Gasteiger partial charge in [0.2, 0.25) is 0 Å². The number of rotatable bonds is 0. The molecule has 0 aromatic heterocycles. The SMILES string of the molecule is [O]=[Os]1(=[O])[O][Os](=[O])(=[O])[O]1. The predicted octanol–water partition coefficient (Wildman–Crippen LogP) is -0.617. The summed E-state index contributed by atoms with van der Waals surface area (Å²) in [4.78, 5) is 0. The molecule has 0 unspecified atom stereocenters. The van der Waals surface area contributed by atoms with Crippen molar-refractivity contribution in [2.75, 3.05) is 0 Å². The van der Waals surface area contributed by atoms with Crippen LogP contribution in [0.15, 0.2) is 0 Å². The fourth-order valence-electron chi connectivity index (χ4n) is 0.157. The maximum atomic E-state index is 9.82. The van der Waals surface area contributed by atoms with Crippen LogP contribution in [0.1, 0.15) is 0 Å². The summed E-state index contributed by atoms with van der Waals surface area (Å²) < 4.78 is 46.2. The second-order valence-corrected chi connectivity index (χ2v) is 12.6. The quantitative estimate of drug-likeness (QED) is 0.464. The van der Waals surface area contributed by atoms with Gasteiger partial charge in [0.05, 0.1) is 0 Å². The second kappa shape index (κ2) is 1.46. The second-order valence-electron chi connectivity index (χ2n) is 0.809. The standard InChI is InChI=1S/6O.2Os. The van der Waals surface area contributed by atoms with Crippen LogP contribution in [0.5, 0.6) is 0 Å². The van der Waals surface area contributed by atoms with Crippen LogP contribution in [0.25, 0.3) is 0 Å². The Balaban J connectivity index is 3.00. The molecule has 0 radical (unpaired) electrons. The Morgan fingerprint density at radius 1 is 0.750 bits per heavy atom. The van der Waals surface area contributed by atoms with Gasteiger partial charge in [-0.2, -0.15) is 0 Å². The van der Waals surface area contributed by atoms with Crippen LogP contribution in [0.4, 0.5) is 0 Å². The minimum absolute atomic E-state index is 3.46. The average molecular weight is 476 g/mol. The third-order valence-corrected chi connectivity index (χ3v) is 16.8. The molecule has 1 aliphatic rings. The molecule has 0 spiro atoms. The summed E-state index contributed by atoms with van der Waals surface area (Å²) in [5.74, 6) is 0. The Kier molecular flexibility index (Phi) is 1.19. The molecular weight excluding hydrogens is 476 g/mol. The molecule has 8 heavy (non-hydrogen) atoms. The van der Waals surface area contributed by atoms with Crippen molar-refractivity contribution >= 4 is 0 Å². The van der Waals surface area contributed by atoms with Gasteiger partial charge in [0.25, 0.3) is 0 Å². The average Bonchev–Trinajstić information content (AvgIpc) is 1.20. The molecule has 0 N–H and O–H groups in total. The molecule has 1 aliphatic heterocycles. The van der Waals surface area contributed by atoms with Crippen LogP contribution in [-0.4, -0.2) is 0 Å². The van der Waals surface area contributed by atoms with Gasteiger partial charge in [0.1, 0.15) is 0 Å². The predicted molar refractivity (Wildman–Crippen MR) is 4.92 cm³/mol. The molecule has 1 fully saturated rings. The first kappa shape index (κ1) is 6.51. The molecule has 0 atom stereocenters. The summed E-state index contributed by atoms with van der Waals surface area (Å²) in [6.45, 7) is 0. The van der Waals surface area contributed by atoms with Crippen molar-refractivity contribution in [2.45, 2.75) is 0 Å². The maximum absolute atomic E-state index is 9.82. The van der Waals surface area contributed by atoms with Gasteiger partial charge in [-0.15, -0.1) is 0 Å². The van der Waals surface area contributed by atoms with Gasteiger partial charge in [-0.25, -0.2) is 0 Å². The van der Waals surface area contributed by atoms with E-state index in [4.69, 9.17) is 0 Å². The van der Waals surface area contributed by atoms with E-state index >= 15 is 0 Å².